The minimum absolute atomic E-state index is 0.0831. The molecule has 2 aromatic carbocycles. The van der Waals surface area contributed by atoms with Crippen molar-refractivity contribution in [3.05, 3.63) is 63.6 Å². The Bertz CT molecular complexity index is 693. The highest BCUT2D eigenvalue weighted by Gasteiger charge is 2.13. The van der Waals surface area contributed by atoms with Crippen molar-refractivity contribution in [3.8, 4) is 5.75 Å². The summed E-state index contributed by atoms with van der Waals surface area (Å²) in [7, 11) is 0. The molecule has 0 unspecified atom stereocenters. The molecule has 0 fully saturated rings. The molecule has 110 valence electrons. The summed E-state index contributed by atoms with van der Waals surface area (Å²) in [4.78, 5) is 0. The Labute approximate surface area is 128 Å². The van der Waals surface area contributed by atoms with Gasteiger partial charge in [-0.15, -0.1) is 0 Å². The maximum atomic E-state index is 13.8. The lowest BCUT2D eigenvalue weighted by molar-refractivity contribution is 0.292. The van der Waals surface area contributed by atoms with Crippen LogP contribution in [0.2, 0.25) is 0 Å². The van der Waals surface area contributed by atoms with Gasteiger partial charge in [-0.25, -0.2) is 8.78 Å². The van der Waals surface area contributed by atoms with Crippen LogP contribution in [-0.4, -0.2) is 11.0 Å². The van der Waals surface area contributed by atoms with Crippen LogP contribution in [0.1, 0.15) is 11.1 Å². The number of nitrogens with zero attached hydrogens (tertiary/aromatic N) is 1. The van der Waals surface area contributed by atoms with E-state index in [1.807, 2.05) is 0 Å². The number of benzene rings is 2. The van der Waals surface area contributed by atoms with Crippen LogP contribution in [-0.2, 0) is 6.61 Å². The third-order valence-electron chi connectivity index (χ3n) is 2.76. The molecule has 3 N–H and O–H groups in total. The summed E-state index contributed by atoms with van der Waals surface area (Å²) < 4.78 is 32.9. The lowest BCUT2D eigenvalue weighted by Gasteiger charge is -2.10. The second kappa shape index (κ2) is 6.53. The minimum atomic E-state index is -0.706. The highest BCUT2D eigenvalue weighted by atomic mass is 79.9. The highest BCUT2D eigenvalue weighted by molar-refractivity contribution is 9.10. The van der Waals surface area contributed by atoms with Gasteiger partial charge in [0, 0.05) is 5.56 Å². The predicted molar refractivity (Wildman–Crippen MR) is 77.3 cm³/mol. The predicted octanol–water partition coefficient (Wildman–Crippen LogP) is 3.40. The molecule has 0 aliphatic heterocycles. The standard InChI is InChI=1S/C14H11BrF2N2O2/c15-11-4-5-12(16)10(13(11)17)7-21-9-3-1-2-8(6-9)14(18)19-20/h1-6,20H,7H2,(H2,18,19). The average molecular weight is 357 g/mol. The normalized spacial score (nSPS) is 11.5. The van der Waals surface area contributed by atoms with Crippen LogP contribution in [0, 0.1) is 11.6 Å². The molecule has 2 rings (SSSR count). The SMILES string of the molecule is N/C(=N/O)c1cccc(OCc2c(F)ccc(Br)c2F)c1. The number of hydrogen-bond acceptors (Lipinski definition) is 3. The average Bonchev–Trinajstić information content (AvgIpc) is 2.50. The maximum Gasteiger partial charge on any atom is 0.170 e. The molecule has 0 aromatic heterocycles. The molecule has 0 radical (unpaired) electrons. The van der Waals surface area contributed by atoms with Crippen molar-refractivity contribution in [1.29, 1.82) is 0 Å². The van der Waals surface area contributed by atoms with Crippen molar-refractivity contribution in [2.75, 3.05) is 0 Å². The number of ether oxygens (including phenoxy) is 1. The second-order valence-electron chi connectivity index (χ2n) is 4.12. The Kier molecular flexibility index (Phi) is 4.74. The lowest BCUT2D eigenvalue weighted by atomic mass is 10.2. The highest BCUT2D eigenvalue weighted by Crippen LogP contribution is 2.23. The summed E-state index contributed by atoms with van der Waals surface area (Å²) in [6.07, 6.45) is 0. The third-order valence-corrected chi connectivity index (χ3v) is 3.37. The summed E-state index contributed by atoms with van der Waals surface area (Å²) >= 11 is 2.99. The van der Waals surface area contributed by atoms with E-state index < -0.39 is 11.6 Å². The first-order valence-corrected chi connectivity index (χ1v) is 6.65. The molecule has 0 aliphatic carbocycles. The van der Waals surface area contributed by atoms with E-state index in [1.54, 1.807) is 18.2 Å². The Morgan fingerprint density at radius 3 is 2.76 bits per heavy atom. The molecular weight excluding hydrogens is 346 g/mol. The van der Waals surface area contributed by atoms with E-state index >= 15 is 0 Å². The van der Waals surface area contributed by atoms with E-state index in [0.717, 1.165) is 6.07 Å². The van der Waals surface area contributed by atoms with Crippen LogP contribution >= 0.6 is 15.9 Å². The molecule has 0 amide bonds. The molecule has 0 atom stereocenters. The Balaban J connectivity index is 2.19. The van der Waals surface area contributed by atoms with Gasteiger partial charge in [0.2, 0.25) is 0 Å². The van der Waals surface area contributed by atoms with E-state index in [-0.39, 0.29) is 22.5 Å². The lowest BCUT2D eigenvalue weighted by Crippen LogP contribution is -2.13. The second-order valence-corrected chi connectivity index (χ2v) is 4.98. The molecule has 21 heavy (non-hydrogen) atoms. The van der Waals surface area contributed by atoms with E-state index in [1.165, 1.54) is 12.1 Å². The fraction of sp³-hybridized carbons (Fsp3) is 0.0714. The largest absolute Gasteiger partial charge is 0.489 e. The molecule has 0 saturated heterocycles. The van der Waals surface area contributed by atoms with Crippen LogP contribution in [0.15, 0.2) is 46.0 Å². The van der Waals surface area contributed by atoms with Gasteiger partial charge in [-0.2, -0.15) is 0 Å². The van der Waals surface area contributed by atoms with Crippen molar-refractivity contribution in [2.45, 2.75) is 6.61 Å². The summed E-state index contributed by atoms with van der Waals surface area (Å²) in [6, 6.07) is 8.77. The third kappa shape index (κ3) is 3.49. The van der Waals surface area contributed by atoms with E-state index in [4.69, 9.17) is 15.7 Å². The monoisotopic (exact) mass is 356 g/mol. The molecule has 4 nitrogen and oxygen atoms in total. The van der Waals surface area contributed by atoms with E-state index in [0.29, 0.717) is 11.3 Å². The van der Waals surface area contributed by atoms with Gasteiger partial charge in [0.15, 0.2) is 5.84 Å². The first kappa shape index (κ1) is 15.2. The van der Waals surface area contributed by atoms with Gasteiger partial charge in [0.25, 0.3) is 0 Å². The van der Waals surface area contributed by atoms with Crippen LogP contribution < -0.4 is 10.5 Å². The van der Waals surface area contributed by atoms with Gasteiger partial charge < -0.3 is 15.7 Å². The number of oxime groups is 1. The van der Waals surface area contributed by atoms with Crippen LogP contribution in [0.5, 0.6) is 5.75 Å². The zero-order chi connectivity index (χ0) is 15.4. The van der Waals surface area contributed by atoms with Gasteiger partial charge in [-0.1, -0.05) is 17.3 Å². The number of rotatable bonds is 4. The Hall–Kier alpha value is -2.15. The molecular formula is C14H11BrF2N2O2. The minimum Gasteiger partial charge on any atom is -0.489 e. The zero-order valence-electron chi connectivity index (χ0n) is 10.7. The van der Waals surface area contributed by atoms with Crippen molar-refractivity contribution >= 4 is 21.8 Å². The zero-order valence-corrected chi connectivity index (χ0v) is 12.3. The summed E-state index contributed by atoms with van der Waals surface area (Å²) in [6.45, 7) is -0.281. The summed E-state index contributed by atoms with van der Waals surface area (Å²) in [5.41, 5.74) is 5.71. The fourth-order valence-corrected chi connectivity index (χ4v) is 2.03. The molecule has 7 heteroatoms. The van der Waals surface area contributed by atoms with Gasteiger partial charge >= 0.3 is 0 Å². The van der Waals surface area contributed by atoms with E-state index in [9.17, 15) is 8.78 Å². The number of amidine groups is 1. The van der Waals surface area contributed by atoms with Crippen molar-refractivity contribution < 1.29 is 18.7 Å². The molecule has 0 aliphatic rings. The Morgan fingerprint density at radius 2 is 2.05 bits per heavy atom. The first-order valence-electron chi connectivity index (χ1n) is 5.86. The molecule has 0 saturated carbocycles. The van der Waals surface area contributed by atoms with E-state index in [2.05, 4.69) is 21.1 Å². The molecule has 0 bridgehead atoms. The molecule has 2 aromatic rings. The van der Waals surface area contributed by atoms with Crippen molar-refractivity contribution in [3.63, 3.8) is 0 Å². The van der Waals surface area contributed by atoms with Crippen molar-refractivity contribution in [1.82, 2.24) is 0 Å². The Morgan fingerprint density at radius 1 is 1.29 bits per heavy atom. The molecule has 0 spiro atoms. The van der Waals surface area contributed by atoms with Gasteiger partial charge in [-0.05, 0) is 40.2 Å². The smallest absolute Gasteiger partial charge is 0.170 e. The topological polar surface area (TPSA) is 67.8 Å². The number of hydrogen-bond donors (Lipinski definition) is 2. The first-order chi connectivity index (χ1) is 10.0. The van der Waals surface area contributed by atoms with Crippen LogP contribution in [0.3, 0.4) is 0 Å². The number of halogens is 3. The maximum absolute atomic E-state index is 13.8. The quantitative estimate of drug-likeness (QED) is 0.290. The van der Waals surface area contributed by atoms with Crippen LogP contribution in [0.4, 0.5) is 8.78 Å². The summed E-state index contributed by atoms with van der Waals surface area (Å²) in [5, 5.41) is 11.5. The fourth-order valence-electron chi connectivity index (χ4n) is 1.66. The molecule has 0 heterocycles. The van der Waals surface area contributed by atoms with Crippen LogP contribution in [0.25, 0.3) is 0 Å². The summed E-state index contributed by atoms with van der Waals surface area (Å²) in [5.74, 6) is -1.14. The van der Waals surface area contributed by atoms with Gasteiger partial charge in [-0.3, -0.25) is 0 Å². The number of nitrogens with two attached hydrogens (primary N) is 1. The van der Waals surface area contributed by atoms with Gasteiger partial charge in [0.05, 0.1) is 10.0 Å². The van der Waals surface area contributed by atoms with Crippen molar-refractivity contribution in [2.24, 2.45) is 10.9 Å². The van der Waals surface area contributed by atoms with Gasteiger partial charge in [0.1, 0.15) is 24.0 Å².